The van der Waals surface area contributed by atoms with Crippen molar-refractivity contribution in [2.45, 2.75) is 45.2 Å². The molecule has 8 nitrogen and oxygen atoms in total. The fourth-order valence-electron chi connectivity index (χ4n) is 3.98. The van der Waals surface area contributed by atoms with Crippen molar-refractivity contribution in [3.8, 4) is 5.75 Å². The number of aryl methyl sites for hydroxylation is 1. The number of nitrogens with one attached hydrogen (secondary N) is 1. The van der Waals surface area contributed by atoms with Crippen LogP contribution in [0, 0.1) is 6.92 Å². The highest BCUT2D eigenvalue weighted by molar-refractivity contribution is 7.92. The van der Waals surface area contributed by atoms with E-state index in [0.29, 0.717) is 23.9 Å². The molecule has 0 aromatic heterocycles. The number of amides is 2. The van der Waals surface area contributed by atoms with Gasteiger partial charge in [0, 0.05) is 18.1 Å². The third-order valence-electron chi connectivity index (χ3n) is 6.11. The van der Waals surface area contributed by atoms with Gasteiger partial charge in [-0.05, 0) is 69.7 Å². The standard InChI is InChI=1S/C29H34ClN3O5S/c1-5-31-29(35)22(4)32(19-23-13-11-21(3)12-14-23)28(34)20-33(26-9-7-8-10-27(26)38-6-2)39(36,37)25-17-15-24(30)16-18-25/h7-18,22H,5-6,19-20H2,1-4H3,(H,31,35)/t22-/m1/s1. The molecule has 3 rings (SSSR count). The van der Waals surface area contributed by atoms with Crippen LogP contribution in [0.1, 0.15) is 31.9 Å². The van der Waals surface area contributed by atoms with Crippen molar-refractivity contribution >= 4 is 39.1 Å². The number of hydrogen-bond donors (Lipinski definition) is 1. The Labute approximate surface area is 235 Å². The molecule has 0 saturated heterocycles. The lowest BCUT2D eigenvalue weighted by Crippen LogP contribution is -2.51. The molecule has 0 saturated carbocycles. The number of nitrogens with zero attached hydrogens (tertiary/aromatic N) is 2. The second-order valence-corrected chi connectivity index (χ2v) is 11.2. The molecule has 10 heteroatoms. The Bertz CT molecular complexity index is 1380. The maximum Gasteiger partial charge on any atom is 0.264 e. The van der Waals surface area contributed by atoms with E-state index in [1.54, 1.807) is 45.0 Å². The molecule has 0 radical (unpaired) electrons. The number of anilines is 1. The molecule has 39 heavy (non-hydrogen) atoms. The van der Waals surface area contributed by atoms with Gasteiger partial charge in [-0.2, -0.15) is 0 Å². The minimum absolute atomic E-state index is 0.0344. The zero-order valence-electron chi connectivity index (χ0n) is 22.6. The third kappa shape index (κ3) is 7.52. The van der Waals surface area contributed by atoms with Crippen LogP contribution in [-0.4, -0.2) is 50.9 Å². The van der Waals surface area contributed by atoms with Gasteiger partial charge in [0.25, 0.3) is 10.0 Å². The molecular formula is C29H34ClN3O5S. The molecule has 0 heterocycles. The lowest BCUT2D eigenvalue weighted by atomic mass is 10.1. The van der Waals surface area contributed by atoms with Crippen molar-refractivity contribution in [1.82, 2.24) is 10.2 Å². The first kappa shape index (κ1) is 30.0. The van der Waals surface area contributed by atoms with Gasteiger partial charge in [-0.1, -0.05) is 53.6 Å². The molecule has 2 amide bonds. The lowest BCUT2D eigenvalue weighted by Gasteiger charge is -2.32. The monoisotopic (exact) mass is 571 g/mol. The van der Waals surface area contributed by atoms with Crippen molar-refractivity contribution in [1.29, 1.82) is 0 Å². The van der Waals surface area contributed by atoms with Gasteiger partial charge in [0.2, 0.25) is 11.8 Å². The van der Waals surface area contributed by atoms with Crippen molar-refractivity contribution in [2.24, 2.45) is 0 Å². The van der Waals surface area contributed by atoms with Crippen molar-refractivity contribution in [3.63, 3.8) is 0 Å². The van der Waals surface area contributed by atoms with Crippen LogP contribution in [0.25, 0.3) is 0 Å². The summed E-state index contributed by atoms with van der Waals surface area (Å²) in [6, 6.07) is 19.1. The number of ether oxygens (including phenoxy) is 1. The van der Waals surface area contributed by atoms with E-state index in [2.05, 4.69) is 5.32 Å². The Morgan fingerprint density at radius 2 is 1.62 bits per heavy atom. The van der Waals surface area contributed by atoms with Crippen LogP contribution in [0.4, 0.5) is 5.69 Å². The second kappa shape index (κ2) is 13.5. The quantitative estimate of drug-likeness (QED) is 0.337. The summed E-state index contributed by atoms with van der Waals surface area (Å²) in [7, 11) is -4.23. The first-order chi connectivity index (χ1) is 18.6. The molecule has 0 aliphatic heterocycles. The highest BCUT2D eigenvalue weighted by Crippen LogP contribution is 2.33. The van der Waals surface area contributed by atoms with Crippen molar-refractivity contribution in [3.05, 3.63) is 88.9 Å². The Balaban J connectivity index is 2.07. The molecule has 208 valence electrons. The average molecular weight is 572 g/mol. The predicted octanol–water partition coefficient (Wildman–Crippen LogP) is 4.80. The van der Waals surface area contributed by atoms with E-state index in [0.717, 1.165) is 15.4 Å². The van der Waals surface area contributed by atoms with Crippen LogP contribution in [-0.2, 0) is 26.2 Å². The van der Waals surface area contributed by atoms with Gasteiger partial charge in [-0.25, -0.2) is 8.42 Å². The van der Waals surface area contributed by atoms with Crippen molar-refractivity contribution < 1.29 is 22.7 Å². The average Bonchev–Trinajstić information content (AvgIpc) is 2.92. The van der Waals surface area contributed by atoms with Crippen LogP contribution in [0.3, 0.4) is 0 Å². The summed E-state index contributed by atoms with van der Waals surface area (Å²) >= 11 is 6.00. The maximum absolute atomic E-state index is 13.9. The number of benzene rings is 3. The van der Waals surface area contributed by atoms with E-state index >= 15 is 0 Å². The van der Waals surface area contributed by atoms with Gasteiger partial charge in [-0.15, -0.1) is 0 Å². The summed E-state index contributed by atoms with van der Waals surface area (Å²) in [4.78, 5) is 28.1. The highest BCUT2D eigenvalue weighted by atomic mass is 35.5. The fourth-order valence-corrected chi connectivity index (χ4v) is 5.53. The number of hydrogen-bond acceptors (Lipinski definition) is 5. The van der Waals surface area contributed by atoms with E-state index in [-0.39, 0.29) is 23.0 Å². The SMILES string of the molecule is CCNC(=O)[C@@H](C)N(Cc1ccc(C)cc1)C(=O)CN(c1ccccc1OCC)S(=O)(=O)c1ccc(Cl)cc1. The van der Waals surface area contributed by atoms with Crippen LogP contribution in [0.15, 0.2) is 77.7 Å². The molecule has 0 aliphatic rings. The lowest BCUT2D eigenvalue weighted by molar-refractivity contribution is -0.139. The van der Waals surface area contributed by atoms with Gasteiger partial charge in [-0.3, -0.25) is 13.9 Å². The number of carbonyl (C=O) groups is 2. The molecule has 0 spiro atoms. The first-order valence-corrected chi connectivity index (χ1v) is 14.5. The highest BCUT2D eigenvalue weighted by Gasteiger charge is 2.33. The molecule has 0 fully saturated rings. The predicted molar refractivity (Wildman–Crippen MR) is 153 cm³/mol. The Morgan fingerprint density at radius 3 is 2.23 bits per heavy atom. The van der Waals surface area contributed by atoms with Gasteiger partial charge < -0.3 is 15.0 Å². The van der Waals surface area contributed by atoms with Gasteiger partial charge in [0.05, 0.1) is 17.2 Å². The summed E-state index contributed by atoms with van der Waals surface area (Å²) < 4.78 is 34.6. The first-order valence-electron chi connectivity index (χ1n) is 12.7. The van der Waals surface area contributed by atoms with E-state index in [9.17, 15) is 18.0 Å². The third-order valence-corrected chi connectivity index (χ3v) is 8.13. The Hall–Kier alpha value is -3.56. The fraction of sp³-hybridized carbons (Fsp3) is 0.310. The van der Waals surface area contributed by atoms with E-state index in [1.165, 1.54) is 29.2 Å². The summed E-state index contributed by atoms with van der Waals surface area (Å²) in [5.41, 5.74) is 2.08. The van der Waals surface area contributed by atoms with Gasteiger partial charge >= 0.3 is 0 Å². The number of sulfonamides is 1. The molecule has 1 atom stereocenters. The van der Waals surface area contributed by atoms with Gasteiger partial charge in [0.15, 0.2) is 0 Å². The smallest absolute Gasteiger partial charge is 0.264 e. The van der Waals surface area contributed by atoms with Gasteiger partial charge in [0.1, 0.15) is 18.3 Å². The van der Waals surface area contributed by atoms with E-state index in [1.807, 2.05) is 31.2 Å². The number of likely N-dealkylation sites (N-methyl/N-ethyl adjacent to an activating group) is 1. The minimum Gasteiger partial charge on any atom is -0.492 e. The summed E-state index contributed by atoms with van der Waals surface area (Å²) in [5, 5.41) is 3.13. The summed E-state index contributed by atoms with van der Waals surface area (Å²) in [6.07, 6.45) is 0. The number of carbonyl (C=O) groups excluding carboxylic acids is 2. The topological polar surface area (TPSA) is 96.0 Å². The number of halogens is 1. The molecule has 0 bridgehead atoms. The van der Waals surface area contributed by atoms with Crippen molar-refractivity contribution in [2.75, 3.05) is 24.0 Å². The summed E-state index contributed by atoms with van der Waals surface area (Å²) in [5.74, 6) is -0.565. The zero-order chi connectivity index (χ0) is 28.6. The molecular weight excluding hydrogens is 538 g/mol. The number of para-hydroxylation sites is 2. The molecule has 0 aliphatic carbocycles. The van der Waals surface area contributed by atoms with Crippen LogP contribution in [0.2, 0.25) is 5.02 Å². The number of rotatable bonds is 12. The minimum atomic E-state index is -4.23. The Kier molecular flexibility index (Phi) is 10.4. The molecule has 1 N–H and O–H groups in total. The molecule has 3 aromatic rings. The van der Waals surface area contributed by atoms with E-state index in [4.69, 9.17) is 16.3 Å². The Morgan fingerprint density at radius 1 is 0.974 bits per heavy atom. The molecule has 0 unspecified atom stereocenters. The second-order valence-electron chi connectivity index (χ2n) is 8.94. The largest absolute Gasteiger partial charge is 0.492 e. The summed E-state index contributed by atoms with van der Waals surface area (Å²) in [6.45, 7) is 7.44. The zero-order valence-corrected chi connectivity index (χ0v) is 24.1. The molecule has 3 aromatic carbocycles. The van der Waals surface area contributed by atoms with E-state index < -0.39 is 28.5 Å². The van der Waals surface area contributed by atoms with Crippen LogP contribution < -0.4 is 14.4 Å². The van der Waals surface area contributed by atoms with Crippen LogP contribution in [0.5, 0.6) is 5.75 Å². The normalized spacial score (nSPS) is 11.9. The maximum atomic E-state index is 13.9. The van der Waals surface area contributed by atoms with Crippen LogP contribution >= 0.6 is 11.6 Å².